The minimum Gasteiger partial charge on any atom is -0.316 e. The summed E-state index contributed by atoms with van der Waals surface area (Å²) in [7, 11) is 0. The second kappa shape index (κ2) is 8.08. The predicted octanol–water partition coefficient (Wildman–Crippen LogP) is 2.74. The van der Waals surface area contributed by atoms with Gasteiger partial charge in [-0.1, -0.05) is 27.2 Å². The molecule has 0 saturated carbocycles. The fourth-order valence-corrected chi connectivity index (χ4v) is 2.21. The molecule has 0 radical (unpaired) electrons. The van der Waals surface area contributed by atoms with Gasteiger partial charge < -0.3 is 10.2 Å². The summed E-state index contributed by atoms with van der Waals surface area (Å²) in [6.07, 6.45) is 5.41. The highest BCUT2D eigenvalue weighted by atomic mass is 15.1. The topological polar surface area (TPSA) is 15.3 Å². The van der Waals surface area contributed by atoms with Crippen LogP contribution in [0.2, 0.25) is 0 Å². The van der Waals surface area contributed by atoms with Crippen LogP contribution in [0.5, 0.6) is 0 Å². The number of nitrogens with one attached hydrogen (secondary N) is 1. The van der Waals surface area contributed by atoms with Crippen molar-refractivity contribution in [1.29, 1.82) is 0 Å². The molecule has 0 aromatic rings. The second-order valence-electron chi connectivity index (χ2n) is 5.60. The molecule has 0 aliphatic carbocycles. The average molecular weight is 226 g/mol. The van der Waals surface area contributed by atoms with Crippen LogP contribution >= 0.6 is 0 Å². The van der Waals surface area contributed by atoms with Crippen LogP contribution < -0.4 is 5.32 Å². The van der Waals surface area contributed by atoms with Gasteiger partial charge in [-0.05, 0) is 63.8 Å². The van der Waals surface area contributed by atoms with Crippen LogP contribution in [0.15, 0.2) is 0 Å². The maximum atomic E-state index is 3.56. The van der Waals surface area contributed by atoms with E-state index in [0.29, 0.717) is 0 Å². The maximum absolute atomic E-state index is 3.56. The van der Waals surface area contributed by atoms with E-state index in [4.69, 9.17) is 0 Å². The van der Waals surface area contributed by atoms with Gasteiger partial charge in [0.05, 0.1) is 0 Å². The fraction of sp³-hybridized carbons (Fsp3) is 1.00. The lowest BCUT2D eigenvalue weighted by Crippen LogP contribution is -2.35. The summed E-state index contributed by atoms with van der Waals surface area (Å²) in [5.74, 6) is 1.79. The normalized spacial score (nSPS) is 21.2. The molecule has 1 N–H and O–H groups in total. The molecule has 0 spiro atoms. The van der Waals surface area contributed by atoms with Crippen molar-refractivity contribution >= 4 is 0 Å². The number of hydrogen-bond acceptors (Lipinski definition) is 2. The van der Waals surface area contributed by atoms with Crippen LogP contribution in [-0.4, -0.2) is 37.6 Å². The van der Waals surface area contributed by atoms with Crippen molar-refractivity contribution in [3.8, 4) is 0 Å². The van der Waals surface area contributed by atoms with Crippen molar-refractivity contribution in [3.63, 3.8) is 0 Å². The summed E-state index contributed by atoms with van der Waals surface area (Å²) >= 11 is 0. The lowest BCUT2D eigenvalue weighted by molar-refractivity contribution is 0.190. The highest BCUT2D eigenvalue weighted by molar-refractivity contribution is 4.69. The van der Waals surface area contributed by atoms with E-state index < -0.39 is 0 Å². The Morgan fingerprint density at radius 2 is 2.00 bits per heavy atom. The van der Waals surface area contributed by atoms with Crippen LogP contribution in [0.4, 0.5) is 0 Å². The summed E-state index contributed by atoms with van der Waals surface area (Å²) in [6.45, 7) is 13.3. The first-order valence-corrected chi connectivity index (χ1v) is 7.15. The number of nitrogens with zero attached hydrogens (tertiary/aromatic N) is 1. The van der Waals surface area contributed by atoms with Crippen molar-refractivity contribution in [2.45, 2.75) is 46.5 Å². The number of rotatable bonds is 7. The highest BCUT2D eigenvalue weighted by Crippen LogP contribution is 2.15. The highest BCUT2D eigenvalue weighted by Gasteiger charge is 2.14. The number of likely N-dealkylation sites (tertiary alicyclic amines) is 1. The van der Waals surface area contributed by atoms with E-state index in [0.717, 1.165) is 11.8 Å². The minimum absolute atomic E-state index is 0.829. The van der Waals surface area contributed by atoms with E-state index in [-0.39, 0.29) is 0 Å². The van der Waals surface area contributed by atoms with Crippen LogP contribution in [-0.2, 0) is 0 Å². The lowest BCUT2D eigenvalue weighted by atomic mass is 9.99. The fourth-order valence-electron chi connectivity index (χ4n) is 2.21. The zero-order valence-electron chi connectivity index (χ0n) is 11.5. The van der Waals surface area contributed by atoms with E-state index in [1.807, 2.05) is 0 Å². The van der Waals surface area contributed by atoms with Gasteiger partial charge in [-0.3, -0.25) is 0 Å². The van der Waals surface area contributed by atoms with Crippen LogP contribution in [0.1, 0.15) is 46.5 Å². The van der Waals surface area contributed by atoms with E-state index in [9.17, 15) is 0 Å². The molecule has 96 valence electrons. The van der Waals surface area contributed by atoms with Gasteiger partial charge in [0.2, 0.25) is 0 Å². The third-order valence-electron chi connectivity index (χ3n) is 3.89. The third kappa shape index (κ3) is 5.86. The zero-order chi connectivity index (χ0) is 11.8. The molecule has 2 heteroatoms. The Bertz CT molecular complexity index is 162. The minimum atomic E-state index is 0.829. The van der Waals surface area contributed by atoms with Gasteiger partial charge in [0.25, 0.3) is 0 Å². The molecule has 0 bridgehead atoms. The summed E-state index contributed by atoms with van der Waals surface area (Å²) in [6, 6.07) is 0. The van der Waals surface area contributed by atoms with Gasteiger partial charge in [0.15, 0.2) is 0 Å². The van der Waals surface area contributed by atoms with Crippen molar-refractivity contribution in [2.24, 2.45) is 11.8 Å². The largest absolute Gasteiger partial charge is 0.316 e. The van der Waals surface area contributed by atoms with E-state index >= 15 is 0 Å². The first-order chi connectivity index (χ1) is 7.72. The third-order valence-corrected chi connectivity index (χ3v) is 3.89. The molecule has 2 nitrogen and oxygen atoms in total. The van der Waals surface area contributed by atoms with Gasteiger partial charge >= 0.3 is 0 Å². The Morgan fingerprint density at radius 3 is 2.62 bits per heavy atom. The first-order valence-electron chi connectivity index (χ1n) is 7.15. The molecule has 0 aromatic carbocycles. The Labute approximate surface area is 102 Å². The number of piperidine rings is 1. The van der Waals surface area contributed by atoms with Gasteiger partial charge in [0, 0.05) is 0 Å². The molecule has 0 amide bonds. The SMILES string of the molecule is CCC(C)CNCCCN1CCC(C)CC1. The average Bonchev–Trinajstić information content (AvgIpc) is 2.31. The Balaban J connectivity index is 1.91. The van der Waals surface area contributed by atoms with Crippen molar-refractivity contribution in [3.05, 3.63) is 0 Å². The first kappa shape index (κ1) is 14.0. The quantitative estimate of drug-likeness (QED) is 0.672. The van der Waals surface area contributed by atoms with Gasteiger partial charge in [0.1, 0.15) is 0 Å². The molecule has 1 unspecified atom stereocenters. The molecule has 1 aliphatic heterocycles. The molecule has 1 saturated heterocycles. The molecule has 1 heterocycles. The molecule has 1 aliphatic rings. The zero-order valence-corrected chi connectivity index (χ0v) is 11.5. The van der Waals surface area contributed by atoms with E-state index in [1.165, 1.54) is 58.4 Å². The van der Waals surface area contributed by atoms with Crippen LogP contribution in [0.25, 0.3) is 0 Å². The molecule has 1 rings (SSSR count). The smallest absolute Gasteiger partial charge is 0.000664 e. The van der Waals surface area contributed by atoms with Crippen molar-refractivity contribution in [1.82, 2.24) is 10.2 Å². The molecular weight excluding hydrogens is 196 g/mol. The molecule has 1 atom stereocenters. The molecular formula is C14H30N2. The number of hydrogen-bond donors (Lipinski definition) is 1. The molecule has 1 fully saturated rings. The van der Waals surface area contributed by atoms with E-state index in [2.05, 4.69) is 31.0 Å². The predicted molar refractivity (Wildman–Crippen MR) is 71.8 cm³/mol. The molecule has 0 aromatic heterocycles. The second-order valence-corrected chi connectivity index (χ2v) is 5.60. The van der Waals surface area contributed by atoms with E-state index in [1.54, 1.807) is 0 Å². The van der Waals surface area contributed by atoms with Gasteiger partial charge in [-0.15, -0.1) is 0 Å². The summed E-state index contributed by atoms with van der Waals surface area (Å²) in [4.78, 5) is 2.63. The van der Waals surface area contributed by atoms with Crippen molar-refractivity contribution < 1.29 is 0 Å². The summed E-state index contributed by atoms with van der Waals surface area (Å²) in [5.41, 5.74) is 0. The van der Waals surface area contributed by atoms with Crippen LogP contribution in [0.3, 0.4) is 0 Å². The lowest BCUT2D eigenvalue weighted by Gasteiger charge is -2.30. The summed E-state index contributed by atoms with van der Waals surface area (Å²) in [5, 5.41) is 3.56. The van der Waals surface area contributed by atoms with Gasteiger partial charge in [-0.25, -0.2) is 0 Å². The van der Waals surface area contributed by atoms with Gasteiger partial charge in [-0.2, -0.15) is 0 Å². The Morgan fingerprint density at radius 1 is 1.31 bits per heavy atom. The maximum Gasteiger partial charge on any atom is -0.000664 e. The molecule has 16 heavy (non-hydrogen) atoms. The standard InChI is InChI=1S/C14H30N2/c1-4-13(2)12-15-8-5-9-16-10-6-14(3)7-11-16/h13-15H,4-12H2,1-3H3. The van der Waals surface area contributed by atoms with Crippen molar-refractivity contribution in [2.75, 3.05) is 32.7 Å². The summed E-state index contributed by atoms with van der Waals surface area (Å²) < 4.78 is 0. The Hall–Kier alpha value is -0.0800. The van der Waals surface area contributed by atoms with Crippen LogP contribution in [0, 0.1) is 11.8 Å². The monoisotopic (exact) mass is 226 g/mol. The Kier molecular flexibility index (Phi) is 7.06.